The van der Waals surface area contributed by atoms with Gasteiger partial charge in [-0.15, -0.1) is 12.4 Å². The Morgan fingerprint density at radius 1 is 1.10 bits per heavy atom. The van der Waals surface area contributed by atoms with Gasteiger partial charge < -0.3 is 9.88 Å². The number of nitrogens with zero attached hydrogens (tertiary/aromatic N) is 1. The quantitative estimate of drug-likeness (QED) is 0.566. The Morgan fingerprint density at radius 3 is 2.55 bits per heavy atom. The van der Waals surface area contributed by atoms with Gasteiger partial charge in [0, 0.05) is 36.6 Å². The van der Waals surface area contributed by atoms with Gasteiger partial charge in [0.25, 0.3) is 0 Å². The topological polar surface area (TPSA) is 51.1 Å². The highest BCUT2D eigenvalue weighted by Gasteiger charge is 2.37. The summed E-state index contributed by atoms with van der Waals surface area (Å²) in [5.74, 6) is 0. The van der Waals surface area contributed by atoms with E-state index in [4.69, 9.17) is 0 Å². The largest absolute Gasteiger partial charge is 0.416 e. The van der Waals surface area contributed by atoms with Gasteiger partial charge in [-0.05, 0) is 61.2 Å². The Kier molecular flexibility index (Phi) is 5.19. The lowest BCUT2D eigenvalue weighted by Gasteiger charge is -2.23. The predicted molar refractivity (Wildman–Crippen MR) is 114 cm³/mol. The van der Waals surface area contributed by atoms with Crippen LogP contribution in [0.25, 0.3) is 10.9 Å². The molecule has 2 aliphatic rings. The van der Waals surface area contributed by atoms with E-state index < -0.39 is 21.6 Å². The highest BCUT2D eigenvalue weighted by atomic mass is 35.5. The lowest BCUT2D eigenvalue weighted by Crippen LogP contribution is -2.32. The van der Waals surface area contributed by atoms with E-state index in [9.17, 15) is 21.6 Å². The van der Waals surface area contributed by atoms with Gasteiger partial charge in [-0.3, -0.25) is 0 Å². The number of aromatic nitrogens is 1. The third-order valence-electron chi connectivity index (χ3n) is 6.43. The first-order chi connectivity index (χ1) is 14.1. The van der Waals surface area contributed by atoms with Gasteiger partial charge >= 0.3 is 6.18 Å². The van der Waals surface area contributed by atoms with Crippen LogP contribution in [0.1, 0.15) is 41.3 Å². The molecule has 9 heteroatoms. The van der Waals surface area contributed by atoms with E-state index in [1.165, 1.54) is 11.8 Å². The Bertz CT molecular complexity index is 1300. The van der Waals surface area contributed by atoms with Crippen molar-refractivity contribution in [2.24, 2.45) is 7.05 Å². The first-order valence-electron chi connectivity index (χ1n) is 9.87. The molecule has 3 aromatic rings. The zero-order valence-corrected chi connectivity index (χ0v) is 18.6. The van der Waals surface area contributed by atoms with Crippen molar-refractivity contribution in [1.82, 2.24) is 9.88 Å². The molecule has 1 saturated heterocycles. The Balaban J connectivity index is 0.00000231. The number of sulfone groups is 1. The van der Waals surface area contributed by atoms with Crippen molar-refractivity contribution in [3.05, 3.63) is 58.8 Å². The van der Waals surface area contributed by atoms with E-state index in [0.29, 0.717) is 12.1 Å². The molecule has 2 aliphatic heterocycles. The van der Waals surface area contributed by atoms with Crippen molar-refractivity contribution >= 4 is 33.1 Å². The number of rotatable bonds is 2. The maximum atomic E-state index is 13.3. The Labute approximate surface area is 184 Å². The Hall–Kier alpha value is -2.03. The molecule has 0 spiro atoms. The molecule has 2 unspecified atom stereocenters. The summed E-state index contributed by atoms with van der Waals surface area (Å²) < 4.78 is 68.0. The summed E-state index contributed by atoms with van der Waals surface area (Å²) in [5, 5.41) is 4.47. The first-order valence-corrected chi connectivity index (χ1v) is 11.4. The van der Waals surface area contributed by atoms with Gasteiger partial charge in [0.2, 0.25) is 9.84 Å². The highest BCUT2D eigenvalue weighted by molar-refractivity contribution is 7.91. The summed E-state index contributed by atoms with van der Waals surface area (Å²) in [7, 11) is -2.10. The minimum atomic E-state index is -4.60. The summed E-state index contributed by atoms with van der Waals surface area (Å²) in [6.45, 7) is 1.85. The second kappa shape index (κ2) is 7.25. The average Bonchev–Trinajstić information content (AvgIpc) is 3.20. The molecule has 1 fully saturated rings. The van der Waals surface area contributed by atoms with E-state index in [1.54, 1.807) is 12.1 Å². The fourth-order valence-electron chi connectivity index (χ4n) is 5.08. The molecule has 0 radical (unpaired) electrons. The average molecular weight is 471 g/mol. The number of halogens is 4. The lowest BCUT2D eigenvalue weighted by atomic mass is 9.98. The maximum Gasteiger partial charge on any atom is 0.416 e. The van der Waals surface area contributed by atoms with Crippen LogP contribution in [0.5, 0.6) is 0 Å². The number of alkyl halides is 3. The van der Waals surface area contributed by atoms with Crippen molar-refractivity contribution in [3.8, 4) is 0 Å². The SMILES string of the molecule is Cc1cc(S(=O)(=O)c2cccc(C(F)(F)F)c2)cc2c3c(n(C)c12)CC1CCC3N1.Cl. The zero-order chi connectivity index (χ0) is 21.4. The third-order valence-corrected chi connectivity index (χ3v) is 8.16. The van der Waals surface area contributed by atoms with Crippen LogP contribution in [-0.2, 0) is 29.5 Å². The number of aryl methyl sites for hydroxylation is 2. The normalized spacial score (nSPS) is 20.5. The molecule has 166 valence electrons. The lowest BCUT2D eigenvalue weighted by molar-refractivity contribution is -0.137. The van der Waals surface area contributed by atoms with Crippen LogP contribution >= 0.6 is 12.4 Å². The van der Waals surface area contributed by atoms with Gasteiger partial charge in [-0.2, -0.15) is 13.2 Å². The van der Waals surface area contributed by atoms with Gasteiger partial charge in [-0.25, -0.2) is 8.42 Å². The molecule has 3 heterocycles. The summed E-state index contributed by atoms with van der Waals surface area (Å²) in [6, 6.07) is 7.77. The monoisotopic (exact) mass is 470 g/mol. The van der Waals surface area contributed by atoms with Crippen LogP contribution in [0.4, 0.5) is 13.2 Å². The van der Waals surface area contributed by atoms with Crippen LogP contribution in [0.3, 0.4) is 0 Å². The van der Waals surface area contributed by atoms with Crippen molar-refractivity contribution in [2.45, 2.75) is 54.2 Å². The molecule has 0 amide bonds. The second-order valence-electron chi connectivity index (χ2n) is 8.28. The molecule has 31 heavy (non-hydrogen) atoms. The molecule has 1 aromatic heterocycles. The summed E-state index contributed by atoms with van der Waals surface area (Å²) >= 11 is 0. The maximum absolute atomic E-state index is 13.3. The molecule has 2 aromatic carbocycles. The van der Waals surface area contributed by atoms with E-state index >= 15 is 0 Å². The minimum absolute atomic E-state index is 0. The molecule has 0 saturated carbocycles. The summed E-state index contributed by atoms with van der Waals surface area (Å²) in [5.41, 5.74) is 3.15. The minimum Gasteiger partial charge on any atom is -0.347 e. The van der Waals surface area contributed by atoms with Crippen LogP contribution < -0.4 is 5.32 Å². The van der Waals surface area contributed by atoms with E-state index in [2.05, 4.69) is 9.88 Å². The number of hydrogen-bond acceptors (Lipinski definition) is 3. The van der Waals surface area contributed by atoms with Crippen molar-refractivity contribution < 1.29 is 21.6 Å². The number of fused-ring (bicyclic) bond motifs is 6. The summed E-state index contributed by atoms with van der Waals surface area (Å²) in [6.07, 6.45) is -1.62. The number of hydrogen-bond donors (Lipinski definition) is 1. The zero-order valence-electron chi connectivity index (χ0n) is 17.0. The van der Waals surface area contributed by atoms with E-state index in [0.717, 1.165) is 53.4 Å². The second-order valence-corrected chi connectivity index (χ2v) is 10.2. The molecule has 4 nitrogen and oxygen atoms in total. The molecular weight excluding hydrogens is 449 g/mol. The molecular formula is C22H22ClF3N2O2S. The van der Waals surface area contributed by atoms with Gasteiger partial charge in [-0.1, -0.05) is 6.07 Å². The number of benzene rings is 2. The fourth-order valence-corrected chi connectivity index (χ4v) is 6.49. The van der Waals surface area contributed by atoms with Crippen LogP contribution in [0, 0.1) is 6.92 Å². The van der Waals surface area contributed by atoms with Gasteiger partial charge in [0.1, 0.15) is 0 Å². The van der Waals surface area contributed by atoms with Crippen LogP contribution in [-0.4, -0.2) is 19.0 Å². The first kappa shape index (κ1) is 22.2. The molecule has 2 bridgehead atoms. The molecule has 2 atom stereocenters. The fraction of sp³-hybridized carbons (Fsp3) is 0.364. The van der Waals surface area contributed by atoms with Crippen molar-refractivity contribution in [2.75, 3.05) is 0 Å². The van der Waals surface area contributed by atoms with Gasteiger partial charge in [0.15, 0.2) is 0 Å². The standard InChI is InChI=1S/C22H21F3N2O2S.ClH/c1-12-8-16(30(28,29)15-5-3-4-13(9-15)22(23,24)25)11-17-20-18-7-6-14(26-18)10-19(20)27(2)21(12)17;/h3-5,8-9,11,14,18,26H,6-7,10H2,1-2H3;1H. The molecule has 1 N–H and O–H groups in total. The number of nitrogens with one attached hydrogen (secondary N) is 1. The Morgan fingerprint density at radius 2 is 1.84 bits per heavy atom. The predicted octanol–water partition coefficient (Wildman–Crippen LogP) is 5.11. The molecule has 5 rings (SSSR count). The summed E-state index contributed by atoms with van der Waals surface area (Å²) in [4.78, 5) is -0.319. The smallest absolute Gasteiger partial charge is 0.347 e. The van der Waals surface area contributed by atoms with E-state index in [1.807, 2.05) is 14.0 Å². The van der Waals surface area contributed by atoms with Crippen molar-refractivity contribution in [1.29, 1.82) is 0 Å². The highest BCUT2D eigenvalue weighted by Crippen LogP contribution is 2.43. The van der Waals surface area contributed by atoms with Crippen LogP contribution in [0.2, 0.25) is 0 Å². The third kappa shape index (κ3) is 3.36. The van der Waals surface area contributed by atoms with E-state index in [-0.39, 0.29) is 28.2 Å². The van der Waals surface area contributed by atoms with Crippen LogP contribution in [0.15, 0.2) is 46.2 Å². The van der Waals surface area contributed by atoms with Crippen molar-refractivity contribution in [3.63, 3.8) is 0 Å². The molecule has 0 aliphatic carbocycles. The van der Waals surface area contributed by atoms with Gasteiger partial charge in [0.05, 0.1) is 20.9 Å².